The summed E-state index contributed by atoms with van der Waals surface area (Å²) in [5.74, 6) is 3.06. The Bertz CT molecular complexity index is 718. The van der Waals surface area contributed by atoms with Crippen LogP contribution in [-0.2, 0) is 7.05 Å². The Morgan fingerprint density at radius 3 is 2.23 bits per heavy atom. The van der Waals surface area contributed by atoms with E-state index in [2.05, 4.69) is 30.8 Å². The quantitative estimate of drug-likeness (QED) is 0.905. The summed E-state index contributed by atoms with van der Waals surface area (Å²) in [6.45, 7) is 3.99. The topological polar surface area (TPSA) is 70.3 Å². The maximum atomic E-state index is 10.7. The number of nitrogens with zero attached hydrogens (tertiary/aromatic N) is 6. The summed E-state index contributed by atoms with van der Waals surface area (Å²) in [6, 6.07) is 2.13. The molecule has 1 unspecified atom stereocenters. The molecule has 1 N–H and O–H groups in total. The van der Waals surface area contributed by atoms with Crippen LogP contribution in [0.3, 0.4) is 0 Å². The van der Waals surface area contributed by atoms with Crippen LogP contribution in [0.5, 0.6) is 0 Å². The molecule has 0 radical (unpaired) electrons. The Morgan fingerprint density at radius 1 is 0.962 bits per heavy atom. The van der Waals surface area contributed by atoms with Crippen LogP contribution in [0.15, 0.2) is 24.8 Å². The van der Waals surface area contributed by atoms with Gasteiger partial charge in [-0.2, -0.15) is 0 Å². The zero-order valence-corrected chi connectivity index (χ0v) is 15.5. The van der Waals surface area contributed by atoms with Gasteiger partial charge in [0.25, 0.3) is 0 Å². The summed E-state index contributed by atoms with van der Waals surface area (Å²) >= 11 is 0. The van der Waals surface area contributed by atoms with Gasteiger partial charge in [0, 0.05) is 51.7 Å². The van der Waals surface area contributed by atoms with E-state index in [1.54, 1.807) is 12.5 Å². The van der Waals surface area contributed by atoms with E-state index in [0.29, 0.717) is 0 Å². The minimum atomic E-state index is -0.494. The molecule has 2 aliphatic heterocycles. The van der Waals surface area contributed by atoms with E-state index in [1.807, 2.05) is 17.8 Å². The van der Waals surface area contributed by atoms with Crippen LogP contribution in [0.4, 0.5) is 11.6 Å². The van der Waals surface area contributed by atoms with E-state index in [1.165, 1.54) is 19.3 Å². The fourth-order valence-corrected chi connectivity index (χ4v) is 4.12. The molecule has 0 aromatic carbocycles. The summed E-state index contributed by atoms with van der Waals surface area (Å²) in [7, 11) is 1.93. The smallest absolute Gasteiger partial charge is 0.137 e. The molecule has 0 spiro atoms. The molecule has 4 rings (SSSR count). The largest absolute Gasteiger partial charge is 0.385 e. The molecule has 1 atom stereocenters. The van der Waals surface area contributed by atoms with Crippen molar-refractivity contribution in [3.8, 4) is 0 Å². The van der Waals surface area contributed by atoms with Crippen LogP contribution in [0.25, 0.3) is 0 Å². The van der Waals surface area contributed by atoms with E-state index in [4.69, 9.17) is 0 Å². The SMILES string of the molecule is Cn1ccnc1C(O)C1CCN(c2cc(N3CCCCC3)ncn2)CC1. The lowest BCUT2D eigenvalue weighted by atomic mass is 9.90. The van der Waals surface area contributed by atoms with Gasteiger partial charge in [0.2, 0.25) is 0 Å². The highest BCUT2D eigenvalue weighted by Crippen LogP contribution is 2.31. The zero-order chi connectivity index (χ0) is 17.9. The van der Waals surface area contributed by atoms with Gasteiger partial charge in [0.15, 0.2) is 0 Å². The molecule has 2 fully saturated rings. The predicted octanol–water partition coefficient (Wildman–Crippen LogP) is 2.15. The van der Waals surface area contributed by atoms with Crippen LogP contribution in [0.1, 0.15) is 44.0 Å². The molecule has 2 aromatic heterocycles. The Labute approximate surface area is 154 Å². The summed E-state index contributed by atoms with van der Waals surface area (Å²) in [5.41, 5.74) is 0. The van der Waals surface area contributed by atoms with E-state index in [0.717, 1.165) is 56.5 Å². The van der Waals surface area contributed by atoms with Gasteiger partial charge in [-0.3, -0.25) is 0 Å². The Kier molecular flexibility index (Phi) is 5.06. The van der Waals surface area contributed by atoms with Gasteiger partial charge in [-0.1, -0.05) is 0 Å². The molecule has 0 saturated carbocycles. The van der Waals surface area contributed by atoms with Crippen LogP contribution in [0.2, 0.25) is 0 Å². The second kappa shape index (κ2) is 7.61. The number of rotatable bonds is 4. The standard InChI is InChI=1S/C19H28N6O/c1-23-12-7-20-19(23)18(26)15-5-10-25(11-6-15)17-13-16(21-14-22-17)24-8-3-2-4-9-24/h7,12-15,18,26H,2-6,8-11H2,1H3. The maximum Gasteiger partial charge on any atom is 0.137 e. The van der Waals surface area contributed by atoms with Crippen molar-refractivity contribution in [3.05, 3.63) is 30.6 Å². The number of aromatic nitrogens is 4. The van der Waals surface area contributed by atoms with Crippen molar-refractivity contribution in [1.82, 2.24) is 19.5 Å². The van der Waals surface area contributed by atoms with E-state index in [-0.39, 0.29) is 5.92 Å². The summed E-state index contributed by atoms with van der Waals surface area (Å²) in [6.07, 6.45) is 10.5. The predicted molar refractivity (Wildman–Crippen MR) is 101 cm³/mol. The first-order chi connectivity index (χ1) is 12.7. The highest BCUT2D eigenvalue weighted by atomic mass is 16.3. The molecular formula is C19H28N6O. The average Bonchev–Trinajstić information content (AvgIpc) is 3.14. The zero-order valence-electron chi connectivity index (χ0n) is 15.5. The number of aryl methyl sites for hydroxylation is 1. The lowest BCUT2D eigenvalue weighted by Gasteiger charge is -2.35. The van der Waals surface area contributed by atoms with Gasteiger partial charge in [-0.15, -0.1) is 0 Å². The van der Waals surface area contributed by atoms with Crippen molar-refractivity contribution in [2.24, 2.45) is 13.0 Å². The fourth-order valence-electron chi connectivity index (χ4n) is 4.12. The van der Waals surface area contributed by atoms with Crippen LogP contribution >= 0.6 is 0 Å². The lowest BCUT2D eigenvalue weighted by molar-refractivity contribution is 0.0824. The van der Waals surface area contributed by atoms with Crippen LogP contribution in [-0.4, -0.2) is 50.8 Å². The molecule has 4 heterocycles. The lowest BCUT2D eigenvalue weighted by Crippen LogP contribution is -2.37. The number of aliphatic hydroxyl groups is 1. The summed E-state index contributed by atoms with van der Waals surface area (Å²) < 4.78 is 1.91. The Hall–Kier alpha value is -2.15. The van der Waals surface area contributed by atoms with Crippen molar-refractivity contribution in [2.45, 2.75) is 38.2 Å². The normalized spacial score (nSPS) is 20.4. The van der Waals surface area contributed by atoms with Crippen LogP contribution in [0, 0.1) is 5.92 Å². The first-order valence-corrected chi connectivity index (χ1v) is 9.69. The Balaban J connectivity index is 1.39. The third kappa shape index (κ3) is 3.53. The van der Waals surface area contributed by atoms with Crippen LogP contribution < -0.4 is 9.80 Å². The highest BCUT2D eigenvalue weighted by Gasteiger charge is 2.29. The highest BCUT2D eigenvalue weighted by molar-refractivity contribution is 5.50. The van der Waals surface area contributed by atoms with Gasteiger partial charge in [0.05, 0.1) is 0 Å². The number of anilines is 2. The second-order valence-corrected chi connectivity index (χ2v) is 7.45. The molecule has 140 valence electrons. The number of aliphatic hydroxyl groups excluding tert-OH is 1. The molecule has 7 nitrogen and oxygen atoms in total. The molecule has 7 heteroatoms. The van der Waals surface area contributed by atoms with E-state index in [9.17, 15) is 5.11 Å². The molecule has 0 bridgehead atoms. The third-order valence-corrected chi connectivity index (χ3v) is 5.75. The fraction of sp³-hybridized carbons (Fsp3) is 0.632. The first-order valence-electron chi connectivity index (χ1n) is 9.69. The number of imidazole rings is 1. The van der Waals surface area contributed by atoms with Gasteiger partial charge < -0.3 is 19.5 Å². The van der Waals surface area contributed by atoms with Gasteiger partial charge >= 0.3 is 0 Å². The van der Waals surface area contributed by atoms with E-state index >= 15 is 0 Å². The Morgan fingerprint density at radius 2 is 1.62 bits per heavy atom. The second-order valence-electron chi connectivity index (χ2n) is 7.45. The van der Waals surface area contributed by atoms with Crippen molar-refractivity contribution in [2.75, 3.05) is 36.0 Å². The van der Waals surface area contributed by atoms with Crippen molar-refractivity contribution < 1.29 is 5.11 Å². The summed E-state index contributed by atoms with van der Waals surface area (Å²) in [5, 5.41) is 10.7. The van der Waals surface area contributed by atoms with Crippen molar-refractivity contribution >= 4 is 11.6 Å². The summed E-state index contributed by atoms with van der Waals surface area (Å²) in [4.78, 5) is 18.0. The molecule has 2 saturated heterocycles. The number of hydrogen-bond donors (Lipinski definition) is 1. The van der Waals surface area contributed by atoms with Gasteiger partial charge in [0.1, 0.15) is 29.9 Å². The van der Waals surface area contributed by atoms with E-state index < -0.39 is 6.10 Å². The minimum Gasteiger partial charge on any atom is -0.385 e. The molecule has 2 aromatic rings. The molecule has 2 aliphatic rings. The van der Waals surface area contributed by atoms with Crippen molar-refractivity contribution in [1.29, 1.82) is 0 Å². The maximum absolute atomic E-state index is 10.7. The number of hydrogen-bond acceptors (Lipinski definition) is 6. The first kappa shape index (κ1) is 17.3. The molecule has 0 aliphatic carbocycles. The molecule has 26 heavy (non-hydrogen) atoms. The average molecular weight is 356 g/mol. The van der Waals surface area contributed by atoms with Gasteiger partial charge in [-0.05, 0) is 38.0 Å². The number of piperidine rings is 2. The molecule has 0 amide bonds. The van der Waals surface area contributed by atoms with Gasteiger partial charge in [-0.25, -0.2) is 15.0 Å². The third-order valence-electron chi connectivity index (χ3n) is 5.75. The monoisotopic (exact) mass is 356 g/mol. The van der Waals surface area contributed by atoms with Crippen molar-refractivity contribution in [3.63, 3.8) is 0 Å². The molecular weight excluding hydrogens is 328 g/mol. The minimum absolute atomic E-state index is 0.246.